The lowest BCUT2D eigenvalue weighted by Gasteiger charge is -2.24. The van der Waals surface area contributed by atoms with Crippen LogP contribution in [0.4, 0.5) is 0 Å². The van der Waals surface area contributed by atoms with Gasteiger partial charge in [0.2, 0.25) is 0 Å². The molecule has 1 aliphatic carbocycles. The molecule has 0 unspecified atom stereocenters. The molecule has 0 N–H and O–H groups in total. The fourth-order valence-electron chi connectivity index (χ4n) is 2.09. The molecule has 0 aromatic carbocycles. The third kappa shape index (κ3) is 2.40. The van der Waals surface area contributed by atoms with Crippen molar-refractivity contribution < 1.29 is 14.3 Å². The molecule has 0 aromatic rings. The molecule has 0 aromatic heterocycles. The summed E-state index contributed by atoms with van der Waals surface area (Å²) in [5.41, 5.74) is -0.116. The van der Waals surface area contributed by atoms with E-state index in [1.807, 2.05) is 26.8 Å². The van der Waals surface area contributed by atoms with Gasteiger partial charge in [-0.05, 0) is 26.8 Å². The molecule has 84 valence electrons. The smallest absolute Gasteiger partial charge is 0.306 e. The van der Waals surface area contributed by atoms with Crippen molar-refractivity contribution in [3.63, 3.8) is 0 Å². The van der Waals surface area contributed by atoms with Crippen LogP contribution in [0.25, 0.3) is 0 Å². The third-order valence-electron chi connectivity index (χ3n) is 2.90. The number of carbonyl (C=O) groups excluding carboxylic acids is 1. The van der Waals surface area contributed by atoms with Crippen LogP contribution in [0.1, 0.15) is 27.2 Å². The Kier molecular flexibility index (Phi) is 2.59. The summed E-state index contributed by atoms with van der Waals surface area (Å²) in [5.74, 6) is 0.565. The molecule has 15 heavy (non-hydrogen) atoms. The number of carbonyl (C=O) groups is 1. The van der Waals surface area contributed by atoms with Gasteiger partial charge in [-0.25, -0.2) is 0 Å². The Morgan fingerprint density at radius 2 is 2.20 bits per heavy atom. The Morgan fingerprint density at radius 1 is 1.47 bits per heavy atom. The fourth-order valence-corrected chi connectivity index (χ4v) is 2.09. The number of hydrogen-bond acceptors (Lipinski definition) is 3. The van der Waals surface area contributed by atoms with Crippen LogP contribution in [0.5, 0.6) is 0 Å². The van der Waals surface area contributed by atoms with E-state index < -0.39 is 0 Å². The van der Waals surface area contributed by atoms with Crippen molar-refractivity contribution in [1.29, 1.82) is 0 Å². The van der Waals surface area contributed by atoms with E-state index in [2.05, 4.69) is 6.08 Å². The molecule has 0 bridgehead atoms. The van der Waals surface area contributed by atoms with Crippen LogP contribution < -0.4 is 0 Å². The van der Waals surface area contributed by atoms with Gasteiger partial charge in [0.25, 0.3) is 0 Å². The van der Waals surface area contributed by atoms with E-state index >= 15 is 0 Å². The molecule has 2 aliphatic rings. The van der Waals surface area contributed by atoms with E-state index in [0.717, 1.165) is 0 Å². The van der Waals surface area contributed by atoms with Gasteiger partial charge in [0, 0.05) is 11.8 Å². The lowest BCUT2D eigenvalue weighted by molar-refractivity contribution is -0.140. The molecular weight excluding hydrogens is 192 g/mol. The highest BCUT2D eigenvalue weighted by Gasteiger charge is 2.41. The summed E-state index contributed by atoms with van der Waals surface area (Å²) < 4.78 is 10.9. The zero-order chi connectivity index (χ0) is 11.1. The van der Waals surface area contributed by atoms with E-state index in [4.69, 9.17) is 9.47 Å². The lowest BCUT2D eigenvalue weighted by Crippen LogP contribution is -2.26. The summed E-state index contributed by atoms with van der Waals surface area (Å²) in [6.07, 6.45) is 4.65. The molecule has 2 rings (SSSR count). The van der Waals surface area contributed by atoms with Crippen molar-refractivity contribution in [1.82, 2.24) is 0 Å². The molecule has 0 amide bonds. The monoisotopic (exact) mass is 210 g/mol. The number of rotatable bonds is 2. The zero-order valence-corrected chi connectivity index (χ0v) is 9.53. The van der Waals surface area contributed by atoms with Gasteiger partial charge >= 0.3 is 5.97 Å². The molecule has 1 fully saturated rings. The average Bonchev–Trinajstić information content (AvgIpc) is 2.58. The van der Waals surface area contributed by atoms with Gasteiger partial charge in [-0.15, -0.1) is 0 Å². The summed E-state index contributed by atoms with van der Waals surface area (Å²) in [5, 5.41) is 0. The highest BCUT2D eigenvalue weighted by molar-refractivity contribution is 5.73. The molecular formula is C12H18O3. The van der Waals surface area contributed by atoms with Gasteiger partial charge in [0.1, 0.15) is 6.10 Å². The summed E-state index contributed by atoms with van der Waals surface area (Å²) >= 11 is 0. The minimum atomic E-state index is -0.116. The molecule has 3 nitrogen and oxygen atoms in total. The van der Waals surface area contributed by atoms with Crippen LogP contribution >= 0.6 is 0 Å². The molecule has 1 aliphatic heterocycles. The Balaban J connectivity index is 1.90. The van der Waals surface area contributed by atoms with Crippen LogP contribution in [-0.4, -0.2) is 24.3 Å². The van der Waals surface area contributed by atoms with Crippen molar-refractivity contribution in [2.75, 3.05) is 6.61 Å². The zero-order valence-electron chi connectivity index (χ0n) is 9.53. The van der Waals surface area contributed by atoms with Crippen molar-refractivity contribution >= 4 is 5.97 Å². The molecule has 0 saturated carbocycles. The van der Waals surface area contributed by atoms with Crippen molar-refractivity contribution in [2.45, 2.75) is 38.9 Å². The number of esters is 1. The van der Waals surface area contributed by atoms with Crippen LogP contribution in [-0.2, 0) is 14.3 Å². The summed E-state index contributed by atoms with van der Waals surface area (Å²) in [6, 6.07) is 0. The maximum atomic E-state index is 11.1. The van der Waals surface area contributed by atoms with Gasteiger partial charge in [0.05, 0.1) is 18.6 Å². The molecule has 1 saturated heterocycles. The van der Waals surface area contributed by atoms with E-state index in [1.165, 1.54) is 0 Å². The Labute approximate surface area is 90.4 Å². The highest BCUT2D eigenvalue weighted by atomic mass is 16.6. The van der Waals surface area contributed by atoms with E-state index in [-0.39, 0.29) is 17.7 Å². The van der Waals surface area contributed by atoms with Crippen LogP contribution in [0.15, 0.2) is 12.2 Å². The Bertz CT molecular complexity index is 288. The highest BCUT2D eigenvalue weighted by Crippen LogP contribution is 2.36. The molecule has 3 heteroatoms. The van der Waals surface area contributed by atoms with Gasteiger partial charge in [-0.3, -0.25) is 4.79 Å². The standard InChI is InChI=1S/C12H18O3/c1-12(2,3)14-7-8-4-5-10-9(8)6-11(13)15-10/h4-5,8-10H,6-7H2,1-3H3/t8-,9+,10-/m0/s1. The Morgan fingerprint density at radius 3 is 2.87 bits per heavy atom. The average molecular weight is 210 g/mol. The second kappa shape index (κ2) is 3.63. The minimum absolute atomic E-state index is 0.00562. The summed E-state index contributed by atoms with van der Waals surface area (Å²) in [4.78, 5) is 11.1. The first kappa shape index (κ1) is 10.7. The van der Waals surface area contributed by atoms with Gasteiger partial charge in [-0.2, -0.15) is 0 Å². The largest absolute Gasteiger partial charge is 0.458 e. The Hall–Kier alpha value is -0.830. The molecule has 1 heterocycles. The summed E-state index contributed by atoms with van der Waals surface area (Å²) in [6.45, 7) is 6.80. The summed E-state index contributed by atoms with van der Waals surface area (Å²) in [7, 11) is 0. The molecule has 0 spiro atoms. The van der Waals surface area contributed by atoms with E-state index in [9.17, 15) is 4.79 Å². The van der Waals surface area contributed by atoms with Crippen molar-refractivity contribution in [3.05, 3.63) is 12.2 Å². The fraction of sp³-hybridized carbons (Fsp3) is 0.750. The first-order chi connectivity index (χ1) is 6.96. The van der Waals surface area contributed by atoms with Crippen LogP contribution in [0.3, 0.4) is 0 Å². The van der Waals surface area contributed by atoms with E-state index in [0.29, 0.717) is 24.9 Å². The van der Waals surface area contributed by atoms with Gasteiger partial charge in [0.15, 0.2) is 0 Å². The van der Waals surface area contributed by atoms with Crippen LogP contribution in [0.2, 0.25) is 0 Å². The lowest BCUT2D eigenvalue weighted by atomic mass is 9.93. The van der Waals surface area contributed by atoms with Crippen LogP contribution in [0, 0.1) is 11.8 Å². The SMILES string of the molecule is CC(C)(C)OC[C@@H]1C=C[C@@H]2OC(=O)C[C@@H]21. The number of fused-ring (bicyclic) bond motifs is 1. The first-order valence-corrected chi connectivity index (χ1v) is 5.47. The van der Waals surface area contributed by atoms with E-state index in [1.54, 1.807) is 0 Å². The van der Waals surface area contributed by atoms with Crippen molar-refractivity contribution in [3.8, 4) is 0 Å². The first-order valence-electron chi connectivity index (χ1n) is 5.47. The molecule has 3 atom stereocenters. The number of ether oxygens (including phenoxy) is 2. The predicted octanol–water partition coefficient (Wildman–Crippen LogP) is 1.92. The maximum absolute atomic E-state index is 11.1. The minimum Gasteiger partial charge on any atom is -0.458 e. The topological polar surface area (TPSA) is 35.5 Å². The van der Waals surface area contributed by atoms with Crippen molar-refractivity contribution in [2.24, 2.45) is 11.8 Å². The number of hydrogen-bond donors (Lipinski definition) is 0. The quantitative estimate of drug-likeness (QED) is 0.516. The third-order valence-corrected chi connectivity index (χ3v) is 2.90. The normalized spacial score (nSPS) is 34.3. The second-order valence-electron chi connectivity index (χ2n) is 5.29. The molecule has 0 radical (unpaired) electrons. The van der Waals surface area contributed by atoms with Gasteiger partial charge in [-0.1, -0.05) is 6.08 Å². The maximum Gasteiger partial charge on any atom is 0.306 e. The predicted molar refractivity (Wildman–Crippen MR) is 56.3 cm³/mol. The van der Waals surface area contributed by atoms with Gasteiger partial charge < -0.3 is 9.47 Å². The second-order valence-corrected chi connectivity index (χ2v) is 5.29.